The van der Waals surface area contributed by atoms with Crippen molar-refractivity contribution in [1.82, 2.24) is 20.5 Å². The van der Waals surface area contributed by atoms with Crippen molar-refractivity contribution in [2.24, 2.45) is 0 Å². The predicted molar refractivity (Wildman–Crippen MR) is 112 cm³/mol. The lowest BCUT2D eigenvalue weighted by Crippen LogP contribution is -2.65. The Kier molecular flexibility index (Phi) is 4.50. The number of benzene rings is 2. The van der Waals surface area contributed by atoms with Crippen molar-refractivity contribution >= 4 is 28.6 Å². The fourth-order valence-electron chi connectivity index (χ4n) is 4.53. The molecule has 3 unspecified atom stereocenters. The van der Waals surface area contributed by atoms with Crippen LogP contribution in [0.3, 0.4) is 0 Å². The summed E-state index contributed by atoms with van der Waals surface area (Å²) in [6.07, 6.45) is 2.88. The summed E-state index contributed by atoms with van der Waals surface area (Å²) in [6, 6.07) is 15.1. The van der Waals surface area contributed by atoms with E-state index in [1.54, 1.807) is 29.2 Å². The van der Waals surface area contributed by atoms with Crippen LogP contribution in [0.4, 0.5) is 0 Å². The molecule has 2 aliphatic rings. The maximum absolute atomic E-state index is 13.1. The molecule has 5 rings (SSSR count). The molecule has 3 heterocycles. The minimum Gasteiger partial charge on any atom is -0.361 e. The SMILES string of the molecule is O=C(NC1CCN2C(=O)C(Cc3c[nH]c4ccccc34)NC(=O)C12)c1ccccc1. The molecule has 3 atom stereocenters. The van der Waals surface area contributed by atoms with Crippen LogP contribution in [0.25, 0.3) is 10.9 Å². The minimum absolute atomic E-state index is 0.0960. The van der Waals surface area contributed by atoms with Gasteiger partial charge in [0.1, 0.15) is 12.1 Å². The van der Waals surface area contributed by atoms with Crippen molar-refractivity contribution in [2.45, 2.75) is 31.0 Å². The number of piperazine rings is 1. The first-order chi connectivity index (χ1) is 14.6. The van der Waals surface area contributed by atoms with Gasteiger partial charge in [-0.15, -0.1) is 0 Å². The van der Waals surface area contributed by atoms with E-state index in [4.69, 9.17) is 0 Å². The summed E-state index contributed by atoms with van der Waals surface area (Å²) in [7, 11) is 0. The average molecular weight is 402 g/mol. The Bertz CT molecular complexity index is 1120. The molecular weight excluding hydrogens is 380 g/mol. The van der Waals surface area contributed by atoms with Crippen LogP contribution in [0.15, 0.2) is 60.8 Å². The van der Waals surface area contributed by atoms with E-state index in [1.807, 2.05) is 36.5 Å². The molecule has 3 aromatic rings. The lowest BCUT2D eigenvalue weighted by atomic mass is 9.99. The largest absolute Gasteiger partial charge is 0.361 e. The van der Waals surface area contributed by atoms with Gasteiger partial charge in [-0.25, -0.2) is 0 Å². The van der Waals surface area contributed by atoms with Crippen LogP contribution in [0.2, 0.25) is 0 Å². The summed E-state index contributed by atoms with van der Waals surface area (Å²) in [5.41, 5.74) is 2.54. The van der Waals surface area contributed by atoms with Crippen LogP contribution >= 0.6 is 0 Å². The van der Waals surface area contributed by atoms with E-state index in [0.29, 0.717) is 24.9 Å². The van der Waals surface area contributed by atoms with Crippen molar-refractivity contribution in [3.05, 3.63) is 71.9 Å². The zero-order chi connectivity index (χ0) is 20.7. The molecule has 2 saturated heterocycles. The lowest BCUT2D eigenvalue weighted by molar-refractivity contribution is -0.147. The van der Waals surface area contributed by atoms with E-state index in [0.717, 1.165) is 16.5 Å². The lowest BCUT2D eigenvalue weighted by Gasteiger charge is -2.36. The summed E-state index contributed by atoms with van der Waals surface area (Å²) in [6.45, 7) is 0.459. The first kappa shape index (κ1) is 18.4. The molecule has 2 aliphatic heterocycles. The molecule has 7 heteroatoms. The fourth-order valence-corrected chi connectivity index (χ4v) is 4.53. The number of hydrogen-bond donors (Lipinski definition) is 3. The number of carbonyl (C=O) groups is 3. The smallest absolute Gasteiger partial charge is 0.251 e. The summed E-state index contributed by atoms with van der Waals surface area (Å²) < 4.78 is 0. The molecule has 0 bridgehead atoms. The standard InChI is InChI=1S/C23H22N4O3/c28-21(14-6-2-1-3-7-14)25-18-10-11-27-20(18)22(29)26-19(23(27)30)12-15-13-24-17-9-5-4-8-16(15)17/h1-9,13,18-20,24H,10-12H2,(H,25,28)(H,26,29). The van der Waals surface area contributed by atoms with E-state index >= 15 is 0 Å². The Morgan fingerprint density at radius 3 is 2.67 bits per heavy atom. The second-order valence-electron chi connectivity index (χ2n) is 7.84. The van der Waals surface area contributed by atoms with Crippen molar-refractivity contribution in [3.8, 4) is 0 Å². The maximum atomic E-state index is 13.1. The van der Waals surface area contributed by atoms with Gasteiger partial charge in [0.25, 0.3) is 5.91 Å². The van der Waals surface area contributed by atoms with Crippen molar-refractivity contribution in [2.75, 3.05) is 6.54 Å². The Morgan fingerprint density at radius 1 is 1.07 bits per heavy atom. The summed E-state index contributed by atoms with van der Waals surface area (Å²) >= 11 is 0. The summed E-state index contributed by atoms with van der Waals surface area (Å²) in [5, 5.41) is 6.87. The molecule has 30 heavy (non-hydrogen) atoms. The monoisotopic (exact) mass is 402 g/mol. The normalized spacial score (nSPS) is 23.3. The number of aromatic amines is 1. The fraction of sp³-hybridized carbons (Fsp3) is 0.261. The van der Waals surface area contributed by atoms with Crippen molar-refractivity contribution in [1.29, 1.82) is 0 Å². The molecule has 0 saturated carbocycles. The van der Waals surface area contributed by atoms with Crippen molar-refractivity contribution in [3.63, 3.8) is 0 Å². The predicted octanol–water partition coefficient (Wildman–Crippen LogP) is 1.61. The Hall–Kier alpha value is -3.61. The minimum atomic E-state index is -0.663. The van der Waals surface area contributed by atoms with Gasteiger partial charge in [0.05, 0.1) is 6.04 Å². The number of rotatable bonds is 4. The zero-order valence-corrected chi connectivity index (χ0v) is 16.3. The second kappa shape index (κ2) is 7.33. The van der Waals surface area contributed by atoms with E-state index < -0.39 is 18.1 Å². The number of nitrogens with one attached hydrogen (secondary N) is 3. The number of fused-ring (bicyclic) bond motifs is 2. The van der Waals surface area contributed by atoms with E-state index in [9.17, 15) is 14.4 Å². The summed E-state index contributed by atoms with van der Waals surface area (Å²) in [4.78, 5) is 43.3. The van der Waals surface area contributed by atoms with Crippen molar-refractivity contribution < 1.29 is 14.4 Å². The highest BCUT2D eigenvalue weighted by atomic mass is 16.2. The maximum Gasteiger partial charge on any atom is 0.251 e. The average Bonchev–Trinajstić information content (AvgIpc) is 3.37. The van der Waals surface area contributed by atoms with Crippen LogP contribution < -0.4 is 10.6 Å². The van der Waals surface area contributed by atoms with Gasteiger partial charge >= 0.3 is 0 Å². The topological polar surface area (TPSA) is 94.3 Å². The third-order valence-electron chi connectivity index (χ3n) is 6.02. The molecule has 0 aliphatic carbocycles. The van der Waals surface area contributed by atoms with Gasteiger partial charge in [0.15, 0.2) is 0 Å². The molecule has 0 spiro atoms. The highest BCUT2D eigenvalue weighted by Gasteiger charge is 2.48. The number of H-pyrrole nitrogens is 1. The van der Waals surface area contributed by atoms with Gasteiger partial charge < -0.3 is 20.5 Å². The molecule has 2 fully saturated rings. The zero-order valence-electron chi connectivity index (χ0n) is 16.3. The van der Waals surface area contributed by atoms with Crippen LogP contribution in [0.5, 0.6) is 0 Å². The first-order valence-electron chi connectivity index (χ1n) is 10.1. The highest BCUT2D eigenvalue weighted by molar-refractivity contribution is 6.00. The van der Waals surface area contributed by atoms with E-state index in [1.165, 1.54) is 0 Å². The molecule has 1 aromatic heterocycles. The third-order valence-corrected chi connectivity index (χ3v) is 6.02. The van der Waals surface area contributed by atoms with Gasteiger partial charge in [-0.05, 0) is 30.2 Å². The second-order valence-corrected chi connectivity index (χ2v) is 7.84. The molecule has 0 radical (unpaired) electrons. The van der Waals surface area contributed by atoms with Gasteiger partial charge in [-0.1, -0.05) is 36.4 Å². The molecule has 7 nitrogen and oxygen atoms in total. The van der Waals surface area contributed by atoms with Crippen LogP contribution in [0, 0.1) is 0 Å². The molecule has 2 aromatic carbocycles. The highest BCUT2D eigenvalue weighted by Crippen LogP contribution is 2.26. The first-order valence-corrected chi connectivity index (χ1v) is 10.1. The summed E-state index contributed by atoms with van der Waals surface area (Å²) in [5.74, 6) is -0.541. The molecule has 3 amide bonds. The number of amides is 3. The van der Waals surface area contributed by atoms with Crippen LogP contribution in [0.1, 0.15) is 22.3 Å². The van der Waals surface area contributed by atoms with E-state index in [-0.39, 0.29) is 17.7 Å². The Labute approximate surface area is 173 Å². The number of nitrogens with zero attached hydrogens (tertiary/aromatic N) is 1. The number of aromatic nitrogens is 1. The number of carbonyl (C=O) groups excluding carboxylic acids is 3. The quantitative estimate of drug-likeness (QED) is 0.619. The van der Waals surface area contributed by atoms with Crippen LogP contribution in [-0.2, 0) is 16.0 Å². The Balaban J connectivity index is 1.31. The number of hydrogen-bond acceptors (Lipinski definition) is 3. The van der Waals surface area contributed by atoms with Crippen LogP contribution in [-0.4, -0.2) is 52.3 Å². The van der Waals surface area contributed by atoms with Gasteiger partial charge in [-0.2, -0.15) is 0 Å². The molecular formula is C23H22N4O3. The molecule has 3 N–H and O–H groups in total. The van der Waals surface area contributed by atoms with E-state index in [2.05, 4.69) is 15.6 Å². The Morgan fingerprint density at radius 2 is 1.83 bits per heavy atom. The number of para-hydroxylation sites is 1. The molecule has 152 valence electrons. The van der Waals surface area contributed by atoms with Gasteiger partial charge in [0.2, 0.25) is 11.8 Å². The van der Waals surface area contributed by atoms with Gasteiger partial charge in [-0.3, -0.25) is 14.4 Å². The third kappa shape index (κ3) is 3.12. The van der Waals surface area contributed by atoms with Gasteiger partial charge in [0, 0.05) is 35.6 Å².